The largest absolute Gasteiger partial charge is 0.324 e. The van der Waals surface area contributed by atoms with E-state index in [9.17, 15) is 0 Å². The van der Waals surface area contributed by atoms with Gasteiger partial charge in [-0.1, -0.05) is 0 Å². The predicted molar refractivity (Wildman–Crippen MR) is 75.7 cm³/mol. The van der Waals surface area contributed by atoms with E-state index in [0.717, 1.165) is 18.5 Å². The van der Waals surface area contributed by atoms with Crippen molar-refractivity contribution in [3.63, 3.8) is 0 Å². The normalized spacial score (nSPS) is 31.8. The summed E-state index contributed by atoms with van der Waals surface area (Å²) in [6.45, 7) is 9.09. The van der Waals surface area contributed by atoms with Crippen LogP contribution in [0, 0.1) is 5.92 Å². The third-order valence-electron chi connectivity index (χ3n) is 4.06. The van der Waals surface area contributed by atoms with E-state index in [1.165, 1.54) is 38.9 Å². The molecule has 2 heterocycles. The van der Waals surface area contributed by atoms with Crippen LogP contribution in [0.1, 0.15) is 33.1 Å². The van der Waals surface area contributed by atoms with E-state index >= 15 is 0 Å². The number of piperidine rings is 2. The minimum absolute atomic E-state index is 0. The second-order valence-corrected chi connectivity index (χ2v) is 6.46. The maximum atomic E-state index is 6.11. The predicted octanol–water partition coefficient (Wildman–Crippen LogP) is 1.56. The molecule has 4 heteroatoms. The Morgan fingerprint density at radius 3 is 2.59 bits per heavy atom. The average Bonchev–Trinajstić information content (AvgIpc) is 2.15. The molecule has 0 spiro atoms. The minimum atomic E-state index is -0.0482. The van der Waals surface area contributed by atoms with Crippen molar-refractivity contribution in [1.29, 1.82) is 0 Å². The molecule has 2 aliphatic rings. The lowest BCUT2D eigenvalue weighted by atomic mass is 9.84. The van der Waals surface area contributed by atoms with Crippen LogP contribution < -0.4 is 5.73 Å². The van der Waals surface area contributed by atoms with Crippen LogP contribution in [0.15, 0.2) is 0 Å². The third kappa shape index (κ3) is 4.09. The number of rotatable bonds is 2. The zero-order valence-corrected chi connectivity index (χ0v) is 12.3. The lowest BCUT2D eigenvalue weighted by molar-refractivity contribution is 0.0320. The molecule has 2 rings (SSSR count). The molecule has 2 saturated heterocycles. The van der Waals surface area contributed by atoms with E-state index in [-0.39, 0.29) is 17.9 Å². The molecule has 102 valence electrons. The van der Waals surface area contributed by atoms with Gasteiger partial charge in [-0.3, -0.25) is 0 Å². The van der Waals surface area contributed by atoms with Crippen molar-refractivity contribution in [3.8, 4) is 0 Å². The maximum absolute atomic E-state index is 6.11. The molecule has 17 heavy (non-hydrogen) atoms. The summed E-state index contributed by atoms with van der Waals surface area (Å²) in [7, 11) is 2.29. The highest BCUT2D eigenvalue weighted by molar-refractivity contribution is 5.85. The molecule has 2 fully saturated rings. The van der Waals surface area contributed by atoms with Gasteiger partial charge in [0, 0.05) is 24.7 Å². The Bertz CT molecular complexity index is 239. The van der Waals surface area contributed by atoms with Gasteiger partial charge in [0.1, 0.15) is 0 Å². The number of likely N-dealkylation sites (tertiary alicyclic amines) is 2. The second kappa shape index (κ2) is 5.87. The van der Waals surface area contributed by atoms with Crippen molar-refractivity contribution in [2.45, 2.75) is 44.7 Å². The molecule has 0 aromatic carbocycles. The van der Waals surface area contributed by atoms with Crippen LogP contribution in [-0.4, -0.2) is 54.6 Å². The van der Waals surface area contributed by atoms with E-state index in [1.54, 1.807) is 0 Å². The standard InChI is InChI=1S/C13H27N3.ClH/c1-13(2,14)10-16-8-6-12-11(9-16)5-4-7-15(12)3;/h11-12H,4-10,14H2,1-3H3;1H. The molecule has 2 atom stereocenters. The van der Waals surface area contributed by atoms with Crippen molar-refractivity contribution in [1.82, 2.24) is 9.80 Å². The summed E-state index contributed by atoms with van der Waals surface area (Å²) in [5, 5.41) is 0. The highest BCUT2D eigenvalue weighted by atomic mass is 35.5. The highest BCUT2D eigenvalue weighted by Gasteiger charge is 2.34. The smallest absolute Gasteiger partial charge is 0.0226 e. The first-order chi connectivity index (χ1) is 7.46. The molecule has 0 radical (unpaired) electrons. The maximum Gasteiger partial charge on any atom is 0.0226 e. The molecule has 0 aromatic rings. The van der Waals surface area contributed by atoms with Gasteiger partial charge in [0.2, 0.25) is 0 Å². The van der Waals surface area contributed by atoms with Crippen molar-refractivity contribution in [2.24, 2.45) is 11.7 Å². The van der Waals surface area contributed by atoms with Gasteiger partial charge in [-0.2, -0.15) is 0 Å². The third-order valence-corrected chi connectivity index (χ3v) is 4.06. The van der Waals surface area contributed by atoms with E-state index < -0.39 is 0 Å². The summed E-state index contributed by atoms with van der Waals surface area (Å²) in [6, 6.07) is 0.839. The number of nitrogens with zero attached hydrogens (tertiary/aromatic N) is 2. The molecule has 0 aliphatic carbocycles. The summed E-state index contributed by atoms with van der Waals surface area (Å²) in [5.41, 5.74) is 6.06. The molecule has 2 aliphatic heterocycles. The minimum Gasteiger partial charge on any atom is -0.324 e. The van der Waals surface area contributed by atoms with Gasteiger partial charge in [0.25, 0.3) is 0 Å². The van der Waals surface area contributed by atoms with Gasteiger partial charge in [-0.25, -0.2) is 0 Å². The summed E-state index contributed by atoms with van der Waals surface area (Å²) in [6.07, 6.45) is 4.12. The number of nitrogens with two attached hydrogens (primary N) is 1. The quantitative estimate of drug-likeness (QED) is 0.819. The summed E-state index contributed by atoms with van der Waals surface area (Å²) in [5.74, 6) is 0.884. The summed E-state index contributed by atoms with van der Waals surface area (Å²) >= 11 is 0. The lowest BCUT2D eigenvalue weighted by Crippen LogP contribution is -2.56. The Balaban J connectivity index is 0.00000144. The molecule has 0 bridgehead atoms. The zero-order valence-electron chi connectivity index (χ0n) is 11.5. The van der Waals surface area contributed by atoms with E-state index in [1.807, 2.05) is 0 Å². The lowest BCUT2D eigenvalue weighted by Gasteiger charge is -2.47. The summed E-state index contributed by atoms with van der Waals surface area (Å²) < 4.78 is 0. The Kier molecular flexibility index (Phi) is 5.26. The number of hydrogen-bond acceptors (Lipinski definition) is 3. The van der Waals surface area contributed by atoms with Crippen LogP contribution in [0.2, 0.25) is 0 Å². The first-order valence-corrected chi connectivity index (χ1v) is 6.67. The number of fused-ring (bicyclic) bond motifs is 1. The zero-order chi connectivity index (χ0) is 11.8. The molecular formula is C13H28ClN3. The van der Waals surface area contributed by atoms with Gasteiger partial charge >= 0.3 is 0 Å². The van der Waals surface area contributed by atoms with Gasteiger partial charge < -0.3 is 15.5 Å². The molecule has 0 saturated carbocycles. The molecular weight excluding hydrogens is 234 g/mol. The SMILES string of the molecule is CN1CCCC2CN(CC(C)(C)N)CCC21.Cl. The fraction of sp³-hybridized carbons (Fsp3) is 1.00. The van der Waals surface area contributed by atoms with Gasteiger partial charge in [0.15, 0.2) is 0 Å². The van der Waals surface area contributed by atoms with Crippen LogP contribution in [0.5, 0.6) is 0 Å². The molecule has 2 unspecified atom stereocenters. The number of halogens is 1. The van der Waals surface area contributed by atoms with Crippen molar-refractivity contribution in [3.05, 3.63) is 0 Å². The van der Waals surface area contributed by atoms with Crippen molar-refractivity contribution in [2.75, 3.05) is 33.2 Å². The van der Waals surface area contributed by atoms with E-state index in [0.29, 0.717) is 0 Å². The van der Waals surface area contributed by atoms with E-state index in [4.69, 9.17) is 5.73 Å². The van der Waals surface area contributed by atoms with Crippen LogP contribution in [-0.2, 0) is 0 Å². The molecule has 2 N–H and O–H groups in total. The molecule has 0 aromatic heterocycles. The first kappa shape index (κ1) is 15.2. The van der Waals surface area contributed by atoms with Gasteiger partial charge in [-0.05, 0) is 59.2 Å². The first-order valence-electron chi connectivity index (χ1n) is 6.67. The Morgan fingerprint density at radius 2 is 1.94 bits per heavy atom. The molecule has 3 nitrogen and oxygen atoms in total. The van der Waals surface area contributed by atoms with Gasteiger partial charge in [0.05, 0.1) is 0 Å². The highest BCUT2D eigenvalue weighted by Crippen LogP contribution is 2.29. The van der Waals surface area contributed by atoms with E-state index in [2.05, 4.69) is 30.7 Å². The van der Waals surface area contributed by atoms with Gasteiger partial charge in [-0.15, -0.1) is 12.4 Å². The van der Waals surface area contributed by atoms with Crippen LogP contribution in [0.25, 0.3) is 0 Å². The monoisotopic (exact) mass is 261 g/mol. The molecule has 0 amide bonds. The van der Waals surface area contributed by atoms with Crippen LogP contribution in [0.4, 0.5) is 0 Å². The average molecular weight is 262 g/mol. The fourth-order valence-electron chi connectivity index (χ4n) is 3.45. The van der Waals surface area contributed by atoms with Crippen LogP contribution >= 0.6 is 12.4 Å². The van der Waals surface area contributed by atoms with Crippen molar-refractivity contribution < 1.29 is 0 Å². The summed E-state index contributed by atoms with van der Waals surface area (Å²) in [4.78, 5) is 5.14. The fourth-order valence-corrected chi connectivity index (χ4v) is 3.45. The Hall–Kier alpha value is 0.170. The number of hydrogen-bond donors (Lipinski definition) is 1. The van der Waals surface area contributed by atoms with Crippen molar-refractivity contribution >= 4 is 12.4 Å². The Morgan fingerprint density at radius 1 is 1.24 bits per heavy atom. The Labute approximate surface area is 112 Å². The topological polar surface area (TPSA) is 32.5 Å². The second-order valence-electron chi connectivity index (χ2n) is 6.46. The van der Waals surface area contributed by atoms with Crippen LogP contribution in [0.3, 0.4) is 0 Å².